The van der Waals surface area contributed by atoms with E-state index in [-0.39, 0.29) is 0 Å². The van der Waals surface area contributed by atoms with Crippen molar-refractivity contribution >= 4 is 27.4 Å². The summed E-state index contributed by atoms with van der Waals surface area (Å²) in [5, 5.41) is 5.46. The van der Waals surface area contributed by atoms with Crippen LogP contribution in [0.15, 0.2) is 24.8 Å². The van der Waals surface area contributed by atoms with Crippen LogP contribution in [0, 0.1) is 6.92 Å². The Kier molecular flexibility index (Phi) is 4.91. The maximum atomic E-state index is 4.59. The Balaban J connectivity index is 1.36. The maximum Gasteiger partial charge on any atom is 0.140 e. The number of piperidine rings is 1. The molecule has 0 atom stereocenters. The van der Waals surface area contributed by atoms with Crippen molar-refractivity contribution in [1.29, 1.82) is 0 Å². The fourth-order valence-corrected chi connectivity index (χ4v) is 4.66. The number of aromatic nitrogens is 4. The molecule has 0 bridgehead atoms. The average Bonchev–Trinajstić information content (AvgIpc) is 3.24. The number of hydrogen-bond acceptors (Lipinski definition) is 6. The molecule has 6 nitrogen and oxygen atoms in total. The van der Waals surface area contributed by atoms with Crippen LogP contribution in [0.5, 0.6) is 0 Å². The van der Waals surface area contributed by atoms with Crippen molar-refractivity contribution in [1.82, 2.24) is 24.6 Å². The number of hydrogen-bond donors (Lipinski definition) is 0. The van der Waals surface area contributed by atoms with Crippen molar-refractivity contribution in [3.05, 3.63) is 35.2 Å². The second-order valence-electron chi connectivity index (χ2n) is 7.24. The molecule has 0 aromatic carbocycles. The first-order valence-electron chi connectivity index (χ1n) is 9.24. The minimum absolute atomic E-state index is 0.643. The van der Waals surface area contributed by atoms with Crippen LogP contribution < -0.4 is 4.90 Å². The molecule has 7 heteroatoms. The van der Waals surface area contributed by atoms with E-state index in [0.29, 0.717) is 6.04 Å². The molecule has 1 saturated heterocycles. The predicted molar refractivity (Wildman–Crippen MR) is 107 cm³/mol. The molecule has 0 unspecified atom stereocenters. The van der Waals surface area contributed by atoms with Gasteiger partial charge >= 0.3 is 0 Å². The van der Waals surface area contributed by atoms with Gasteiger partial charge in [-0.2, -0.15) is 5.10 Å². The van der Waals surface area contributed by atoms with E-state index >= 15 is 0 Å². The molecule has 26 heavy (non-hydrogen) atoms. The first-order valence-corrected chi connectivity index (χ1v) is 10.1. The lowest BCUT2D eigenvalue weighted by atomic mass is 10.0. The van der Waals surface area contributed by atoms with Crippen LogP contribution in [0.25, 0.3) is 10.2 Å². The summed E-state index contributed by atoms with van der Waals surface area (Å²) in [5.41, 5.74) is 1.31. The SMILES string of the molecule is Cc1cc2c(N3CCC(N(C)CCc4cnn(C)c4)CC3)ncnc2s1. The van der Waals surface area contributed by atoms with E-state index in [0.717, 1.165) is 36.7 Å². The Morgan fingerprint density at radius 2 is 2.08 bits per heavy atom. The highest BCUT2D eigenvalue weighted by molar-refractivity contribution is 7.18. The molecule has 4 rings (SSSR count). The second-order valence-corrected chi connectivity index (χ2v) is 8.48. The van der Waals surface area contributed by atoms with Crippen molar-refractivity contribution in [3.8, 4) is 0 Å². The normalized spacial score (nSPS) is 16.1. The van der Waals surface area contributed by atoms with Gasteiger partial charge < -0.3 is 9.80 Å². The number of aryl methyl sites for hydroxylation is 2. The van der Waals surface area contributed by atoms with E-state index in [1.54, 1.807) is 17.7 Å². The van der Waals surface area contributed by atoms with Crippen LogP contribution in [0.3, 0.4) is 0 Å². The molecule has 0 saturated carbocycles. The smallest absolute Gasteiger partial charge is 0.140 e. The lowest BCUT2D eigenvalue weighted by Gasteiger charge is -2.37. The van der Waals surface area contributed by atoms with Gasteiger partial charge in [0.1, 0.15) is 17.0 Å². The zero-order valence-electron chi connectivity index (χ0n) is 15.7. The zero-order chi connectivity index (χ0) is 18.1. The lowest BCUT2D eigenvalue weighted by molar-refractivity contribution is 0.210. The van der Waals surface area contributed by atoms with Crippen molar-refractivity contribution in [2.75, 3.05) is 31.6 Å². The highest BCUT2D eigenvalue weighted by atomic mass is 32.1. The van der Waals surface area contributed by atoms with Crippen molar-refractivity contribution in [3.63, 3.8) is 0 Å². The van der Waals surface area contributed by atoms with Gasteiger partial charge in [-0.05, 0) is 44.9 Å². The van der Waals surface area contributed by atoms with Gasteiger partial charge in [-0.1, -0.05) is 0 Å². The molecule has 1 aliphatic heterocycles. The Morgan fingerprint density at radius 1 is 1.27 bits per heavy atom. The van der Waals surface area contributed by atoms with E-state index < -0.39 is 0 Å². The highest BCUT2D eigenvalue weighted by Gasteiger charge is 2.24. The van der Waals surface area contributed by atoms with Crippen LogP contribution in [-0.2, 0) is 13.5 Å². The molecule has 0 aliphatic carbocycles. The average molecular weight is 371 g/mol. The minimum Gasteiger partial charge on any atom is -0.356 e. The molecule has 3 aromatic heterocycles. The molecule has 1 fully saturated rings. The van der Waals surface area contributed by atoms with E-state index in [4.69, 9.17) is 0 Å². The second kappa shape index (κ2) is 7.32. The van der Waals surface area contributed by atoms with E-state index in [2.05, 4.69) is 51.1 Å². The molecular weight excluding hydrogens is 344 g/mol. The van der Waals surface area contributed by atoms with Crippen molar-refractivity contribution in [2.24, 2.45) is 7.05 Å². The topological polar surface area (TPSA) is 50.1 Å². The first kappa shape index (κ1) is 17.4. The van der Waals surface area contributed by atoms with Crippen LogP contribution >= 0.6 is 11.3 Å². The third kappa shape index (κ3) is 3.59. The number of anilines is 1. The molecule has 4 heterocycles. The molecule has 0 spiro atoms. The van der Waals surface area contributed by atoms with Gasteiger partial charge in [-0.25, -0.2) is 9.97 Å². The molecule has 138 valence electrons. The van der Waals surface area contributed by atoms with Crippen LogP contribution in [-0.4, -0.2) is 57.4 Å². The lowest BCUT2D eigenvalue weighted by Crippen LogP contribution is -2.44. The summed E-state index contributed by atoms with van der Waals surface area (Å²) in [6.07, 6.45) is 9.21. The standard InChI is InChI=1S/C19H26N6S/c1-14-10-17-18(20-13-21-19(17)26-14)25-8-5-16(6-9-25)23(2)7-4-15-11-22-24(3)12-15/h10-13,16H,4-9H2,1-3H3. The summed E-state index contributed by atoms with van der Waals surface area (Å²) in [7, 11) is 4.23. The van der Waals surface area contributed by atoms with E-state index in [9.17, 15) is 0 Å². The first-order chi connectivity index (χ1) is 12.6. The van der Waals surface area contributed by atoms with E-state index in [1.165, 1.54) is 28.7 Å². The molecule has 0 amide bonds. The number of thiophene rings is 1. The zero-order valence-corrected chi connectivity index (χ0v) is 16.5. The molecule has 3 aromatic rings. The summed E-state index contributed by atoms with van der Waals surface area (Å²) in [4.78, 5) is 16.4. The van der Waals surface area contributed by atoms with Gasteiger partial charge in [-0.3, -0.25) is 4.68 Å². The summed E-state index contributed by atoms with van der Waals surface area (Å²) in [6.45, 7) is 5.34. The van der Waals surface area contributed by atoms with Gasteiger partial charge in [0.05, 0.1) is 11.6 Å². The van der Waals surface area contributed by atoms with Gasteiger partial charge in [0.15, 0.2) is 0 Å². The number of fused-ring (bicyclic) bond motifs is 1. The van der Waals surface area contributed by atoms with Gasteiger partial charge in [0, 0.05) is 43.8 Å². The molecule has 0 N–H and O–H groups in total. The van der Waals surface area contributed by atoms with Gasteiger partial charge in [0.25, 0.3) is 0 Å². The summed E-state index contributed by atoms with van der Waals surface area (Å²) >= 11 is 1.75. The summed E-state index contributed by atoms with van der Waals surface area (Å²) in [5.74, 6) is 1.11. The molecule has 1 aliphatic rings. The fraction of sp³-hybridized carbons (Fsp3) is 0.526. The van der Waals surface area contributed by atoms with Crippen molar-refractivity contribution in [2.45, 2.75) is 32.2 Å². The Bertz CT molecular complexity index is 877. The fourth-order valence-electron chi connectivity index (χ4n) is 3.82. The largest absolute Gasteiger partial charge is 0.356 e. The van der Waals surface area contributed by atoms with Crippen LogP contribution in [0.2, 0.25) is 0 Å². The Morgan fingerprint density at radius 3 is 2.81 bits per heavy atom. The Hall–Kier alpha value is -1.99. The third-order valence-corrected chi connectivity index (χ3v) is 6.29. The quantitative estimate of drug-likeness (QED) is 0.691. The van der Waals surface area contributed by atoms with Crippen LogP contribution in [0.4, 0.5) is 5.82 Å². The highest BCUT2D eigenvalue weighted by Crippen LogP contribution is 2.31. The molecule has 0 radical (unpaired) electrons. The van der Waals surface area contributed by atoms with Crippen molar-refractivity contribution < 1.29 is 0 Å². The van der Waals surface area contributed by atoms with Gasteiger partial charge in [0.2, 0.25) is 0 Å². The number of rotatable bonds is 5. The maximum absolute atomic E-state index is 4.59. The molecular formula is C19H26N6S. The number of nitrogens with zero attached hydrogens (tertiary/aromatic N) is 6. The van der Waals surface area contributed by atoms with E-state index in [1.807, 2.05) is 17.9 Å². The summed E-state index contributed by atoms with van der Waals surface area (Å²) in [6, 6.07) is 2.87. The summed E-state index contributed by atoms with van der Waals surface area (Å²) < 4.78 is 1.88. The van der Waals surface area contributed by atoms with Crippen LogP contribution in [0.1, 0.15) is 23.3 Å². The Labute approximate surface area is 158 Å². The van der Waals surface area contributed by atoms with Gasteiger partial charge in [-0.15, -0.1) is 11.3 Å². The number of likely N-dealkylation sites (N-methyl/N-ethyl adjacent to an activating group) is 1. The minimum atomic E-state index is 0.643. The third-order valence-electron chi connectivity index (χ3n) is 5.33. The predicted octanol–water partition coefficient (Wildman–Crippen LogP) is 2.88. The monoisotopic (exact) mass is 370 g/mol.